The van der Waals surface area contributed by atoms with E-state index in [1.807, 2.05) is 89.3 Å². The Labute approximate surface area is 183 Å². The maximum absolute atomic E-state index is 13.2. The van der Waals surface area contributed by atoms with Gasteiger partial charge in [0.15, 0.2) is 5.16 Å². The Kier molecular flexibility index (Phi) is 5.41. The maximum atomic E-state index is 13.2. The van der Waals surface area contributed by atoms with Crippen molar-refractivity contribution >= 4 is 28.4 Å². The van der Waals surface area contributed by atoms with Crippen molar-refractivity contribution in [1.29, 1.82) is 0 Å². The van der Waals surface area contributed by atoms with Crippen LogP contribution < -0.4 is 10.3 Å². The van der Waals surface area contributed by atoms with Gasteiger partial charge in [0.1, 0.15) is 5.75 Å². The largest absolute Gasteiger partial charge is 0.493 e. The zero-order valence-electron chi connectivity index (χ0n) is 16.7. The van der Waals surface area contributed by atoms with Gasteiger partial charge in [0.05, 0.1) is 24.1 Å². The minimum Gasteiger partial charge on any atom is -0.493 e. The summed E-state index contributed by atoms with van der Waals surface area (Å²) in [5, 5.41) is 10.2. The van der Waals surface area contributed by atoms with Gasteiger partial charge in [-0.1, -0.05) is 72.4 Å². The van der Waals surface area contributed by atoms with E-state index in [0.717, 1.165) is 22.0 Å². The predicted molar refractivity (Wildman–Crippen MR) is 123 cm³/mol. The van der Waals surface area contributed by atoms with Crippen LogP contribution in [0.25, 0.3) is 16.7 Å². The average Bonchev–Trinajstić information content (AvgIpc) is 3.25. The van der Waals surface area contributed by atoms with Crippen LogP contribution in [0.1, 0.15) is 5.56 Å². The molecule has 2 aromatic heterocycles. The van der Waals surface area contributed by atoms with Crippen LogP contribution in [0.15, 0.2) is 94.9 Å². The molecule has 154 valence electrons. The monoisotopic (exact) mass is 428 g/mol. The van der Waals surface area contributed by atoms with Gasteiger partial charge in [-0.05, 0) is 29.8 Å². The fourth-order valence-corrected chi connectivity index (χ4v) is 4.30. The van der Waals surface area contributed by atoms with Crippen LogP contribution in [0, 0.1) is 0 Å². The molecule has 0 aliphatic heterocycles. The Morgan fingerprint density at radius 3 is 2.35 bits per heavy atom. The zero-order chi connectivity index (χ0) is 21.0. The number of ether oxygens (including phenoxy) is 1. The first-order valence-electron chi connectivity index (χ1n) is 10.0. The molecule has 0 saturated heterocycles. The molecule has 5 rings (SSSR count). The number of fused-ring (bicyclic) bond motifs is 3. The molecular weight excluding hydrogens is 408 g/mol. The number of hydrogen-bond donors (Lipinski definition) is 0. The fourth-order valence-electron chi connectivity index (χ4n) is 3.54. The van der Waals surface area contributed by atoms with E-state index in [0.29, 0.717) is 30.1 Å². The smallest absolute Gasteiger partial charge is 0.263 e. The number of benzene rings is 3. The number of nitrogens with zero attached hydrogens (tertiary/aromatic N) is 4. The van der Waals surface area contributed by atoms with Crippen LogP contribution in [0.5, 0.6) is 5.75 Å². The lowest BCUT2D eigenvalue weighted by molar-refractivity contribution is 0.344. The highest BCUT2D eigenvalue weighted by atomic mass is 32.2. The van der Waals surface area contributed by atoms with E-state index >= 15 is 0 Å². The molecule has 5 aromatic rings. The standard InChI is InChI=1S/C24H20N4O2S/c29-22-20-13-7-8-14-21(20)28-23(27(22)17-18-9-3-1-4-10-18)25-26-24(28)31-16-15-30-19-11-5-2-6-12-19/h1-14H,15-17H2. The first-order valence-corrected chi connectivity index (χ1v) is 11.0. The van der Waals surface area contributed by atoms with Gasteiger partial charge in [0.25, 0.3) is 5.56 Å². The average molecular weight is 429 g/mol. The first kappa shape index (κ1) is 19.4. The summed E-state index contributed by atoms with van der Waals surface area (Å²) in [5.74, 6) is 2.09. The molecule has 0 bridgehead atoms. The van der Waals surface area contributed by atoms with Crippen molar-refractivity contribution in [2.75, 3.05) is 12.4 Å². The topological polar surface area (TPSA) is 61.4 Å². The highest BCUT2D eigenvalue weighted by molar-refractivity contribution is 7.99. The second-order valence-electron chi connectivity index (χ2n) is 7.02. The summed E-state index contributed by atoms with van der Waals surface area (Å²) in [7, 11) is 0. The van der Waals surface area contributed by atoms with Crippen LogP contribution in [0.4, 0.5) is 0 Å². The lowest BCUT2D eigenvalue weighted by Crippen LogP contribution is -2.24. The first-order chi connectivity index (χ1) is 15.3. The molecule has 0 fully saturated rings. The number of thioether (sulfide) groups is 1. The van der Waals surface area contributed by atoms with Crippen molar-refractivity contribution in [2.45, 2.75) is 11.7 Å². The third-order valence-electron chi connectivity index (χ3n) is 4.99. The van der Waals surface area contributed by atoms with Gasteiger partial charge in [0.2, 0.25) is 5.78 Å². The molecule has 0 saturated carbocycles. The molecule has 31 heavy (non-hydrogen) atoms. The maximum Gasteiger partial charge on any atom is 0.263 e. The second-order valence-corrected chi connectivity index (χ2v) is 8.08. The Hall–Kier alpha value is -3.58. The molecule has 0 atom stereocenters. The van der Waals surface area contributed by atoms with Crippen molar-refractivity contribution in [3.63, 3.8) is 0 Å². The number of para-hydroxylation sites is 2. The van der Waals surface area contributed by atoms with E-state index < -0.39 is 0 Å². The van der Waals surface area contributed by atoms with Crippen LogP contribution in [-0.2, 0) is 6.54 Å². The number of hydrogen-bond acceptors (Lipinski definition) is 5. The predicted octanol–water partition coefficient (Wildman–Crippen LogP) is 4.26. The van der Waals surface area contributed by atoms with E-state index in [4.69, 9.17) is 4.74 Å². The van der Waals surface area contributed by atoms with E-state index in [9.17, 15) is 4.79 Å². The van der Waals surface area contributed by atoms with Crippen molar-refractivity contribution in [3.8, 4) is 5.75 Å². The quantitative estimate of drug-likeness (QED) is 0.286. The molecule has 3 aromatic carbocycles. The van der Waals surface area contributed by atoms with Crippen molar-refractivity contribution in [2.24, 2.45) is 0 Å². The summed E-state index contributed by atoms with van der Waals surface area (Å²) in [6.07, 6.45) is 0. The van der Waals surface area contributed by atoms with Crippen LogP contribution in [-0.4, -0.2) is 31.5 Å². The summed E-state index contributed by atoms with van der Waals surface area (Å²) in [4.78, 5) is 13.2. The summed E-state index contributed by atoms with van der Waals surface area (Å²) < 4.78 is 9.45. The van der Waals surface area contributed by atoms with Crippen molar-refractivity contribution < 1.29 is 4.74 Å². The molecule has 2 heterocycles. The molecule has 0 aliphatic rings. The van der Waals surface area contributed by atoms with Gasteiger partial charge in [-0.3, -0.25) is 13.8 Å². The third-order valence-corrected chi connectivity index (χ3v) is 5.88. The molecule has 0 N–H and O–H groups in total. The Balaban J connectivity index is 1.49. The Morgan fingerprint density at radius 2 is 1.55 bits per heavy atom. The van der Waals surface area contributed by atoms with Gasteiger partial charge in [0, 0.05) is 5.75 Å². The van der Waals surface area contributed by atoms with Gasteiger partial charge in [-0.15, -0.1) is 10.2 Å². The van der Waals surface area contributed by atoms with Gasteiger partial charge in [-0.25, -0.2) is 0 Å². The molecule has 0 radical (unpaired) electrons. The molecule has 7 heteroatoms. The van der Waals surface area contributed by atoms with Crippen molar-refractivity contribution in [1.82, 2.24) is 19.2 Å². The Bertz CT molecular complexity index is 1380. The van der Waals surface area contributed by atoms with Gasteiger partial charge >= 0.3 is 0 Å². The highest BCUT2D eigenvalue weighted by Gasteiger charge is 2.17. The lowest BCUT2D eigenvalue weighted by atomic mass is 10.2. The van der Waals surface area contributed by atoms with Crippen LogP contribution >= 0.6 is 11.8 Å². The second kappa shape index (κ2) is 8.65. The molecule has 0 amide bonds. The highest BCUT2D eigenvalue weighted by Crippen LogP contribution is 2.22. The third kappa shape index (κ3) is 3.92. The molecule has 0 aliphatic carbocycles. The fraction of sp³-hybridized carbons (Fsp3) is 0.125. The van der Waals surface area contributed by atoms with Gasteiger partial charge < -0.3 is 4.74 Å². The van der Waals surface area contributed by atoms with E-state index in [1.54, 1.807) is 16.3 Å². The summed E-state index contributed by atoms with van der Waals surface area (Å²) in [6.45, 7) is 0.985. The van der Waals surface area contributed by atoms with Gasteiger partial charge in [-0.2, -0.15) is 0 Å². The molecule has 6 nitrogen and oxygen atoms in total. The zero-order valence-corrected chi connectivity index (χ0v) is 17.5. The summed E-state index contributed by atoms with van der Waals surface area (Å²) in [5.41, 5.74) is 1.78. The summed E-state index contributed by atoms with van der Waals surface area (Å²) >= 11 is 1.56. The van der Waals surface area contributed by atoms with Crippen LogP contribution in [0.3, 0.4) is 0 Å². The number of rotatable bonds is 7. The normalized spacial score (nSPS) is 11.2. The van der Waals surface area contributed by atoms with E-state index in [-0.39, 0.29) is 5.56 Å². The Morgan fingerprint density at radius 1 is 0.839 bits per heavy atom. The van der Waals surface area contributed by atoms with Crippen molar-refractivity contribution in [3.05, 3.63) is 101 Å². The molecular formula is C24H20N4O2S. The van der Waals surface area contributed by atoms with E-state index in [1.165, 1.54) is 0 Å². The molecule has 0 spiro atoms. The van der Waals surface area contributed by atoms with E-state index in [2.05, 4.69) is 10.2 Å². The number of aromatic nitrogens is 4. The molecule has 0 unspecified atom stereocenters. The lowest BCUT2D eigenvalue weighted by Gasteiger charge is -2.11. The minimum atomic E-state index is -0.0664. The summed E-state index contributed by atoms with van der Waals surface area (Å²) in [6, 6.07) is 27.2. The SMILES string of the molecule is O=c1c2ccccc2n2c(SCCOc3ccccc3)nnc2n1Cc1ccccc1. The van der Waals surface area contributed by atoms with Crippen LogP contribution in [0.2, 0.25) is 0 Å². The minimum absolute atomic E-state index is 0.0664.